The van der Waals surface area contributed by atoms with E-state index in [-0.39, 0.29) is 6.54 Å². The molecule has 0 unspecified atom stereocenters. The van der Waals surface area contributed by atoms with E-state index >= 15 is 0 Å². The molecule has 0 aliphatic carbocycles. The van der Waals surface area contributed by atoms with E-state index < -0.39 is 5.97 Å². The van der Waals surface area contributed by atoms with Gasteiger partial charge in [-0.2, -0.15) is 0 Å². The van der Waals surface area contributed by atoms with Crippen molar-refractivity contribution >= 4 is 22.6 Å². The summed E-state index contributed by atoms with van der Waals surface area (Å²) in [5.41, 5.74) is 4.30. The number of likely N-dealkylation sites (tertiary alicyclic amines) is 1. The van der Waals surface area contributed by atoms with Gasteiger partial charge in [-0.25, -0.2) is 9.97 Å². The molecule has 1 fully saturated rings. The number of anilines is 1. The molecule has 3 aromatic rings. The van der Waals surface area contributed by atoms with Crippen LogP contribution in [0.25, 0.3) is 10.9 Å². The molecule has 1 aliphatic rings. The number of rotatable bonds is 8. The highest BCUT2D eigenvalue weighted by Gasteiger charge is 2.20. The molecule has 8 nitrogen and oxygen atoms in total. The molecule has 1 saturated heterocycles. The lowest BCUT2D eigenvalue weighted by molar-refractivity contribution is -0.138. The first kappa shape index (κ1) is 22.8. The maximum absolute atomic E-state index is 10.9. The third kappa shape index (κ3) is 6.09. The Morgan fingerprint density at radius 1 is 1.21 bits per heavy atom. The molecule has 0 bridgehead atoms. The van der Waals surface area contributed by atoms with Crippen LogP contribution in [0.1, 0.15) is 31.0 Å². The number of aliphatic carboxylic acids is 1. The summed E-state index contributed by atoms with van der Waals surface area (Å²) in [6, 6.07) is 9.17. The van der Waals surface area contributed by atoms with Crippen molar-refractivity contribution in [1.82, 2.24) is 24.8 Å². The van der Waals surface area contributed by atoms with Gasteiger partial charge in [0.25, 0.3) is 0 Å². The van der Waals surface area contributed by atoms with Gasteiger partial charge in [0.2, 0.25) is 0 Å². The van der Waals surface area contributed by atoms with Gasteiger partial charge in [-0.1, -0.05) is 12.0 Å². The zero-order valence-corrected chi connectivity index (χ0v) is 18.9. The second-order valence-corrected chi connectivity index (χ2v) is 8.27. The Morgan fingerprint density at radius 3 is 2.73 bits per heavy atom. The summed E-state index contributed by atoms with van der Waals surface area (Å²) in [6.07, 6.45) is 6.92. The Morgan fingerprint density at radius 2 is 2.00 bits per heavy atom. The highest BCUT2D eigenvalue weighted by Crippen LogP contribution is 2.22. The molecule has 0 radical (unpaired) electrons. The SMILES string of the molecule is CCn1c(C#CCNc2cncnc2)cc2cc(CNC3CCN(CC(=O)O)CC3)ccc21. The average Bonchev–Trinajstić information content (AvgIpc) is 3.18. The molecule has 33 heavy (non-hydrogen) atoms. The molecule has 3 N–H and O–H groups in total. The van der Waals surface area contributed by atoms with E-state index in [1.807, 2.05) is 4.90 Å². The van der Waals surface area contributed by atoms with Crippen molar-refractivity contribution in [3.8, 4) is 11.8 Å². The predicted octanol–water partition coefficient (Wildman–Crippen LogP) is 2.55. The monoisotopic (exact) mass is 446 g/mol. The smallest absolute Gasteiger partial charge is 0.317 e. The van der Waals surface area contributed by atoms with Crippen LogP contribution in [0.15, 0.2) is 43.0 Å². The molecule has 172 valence electrons. The molecule has 0 spiro atoms. The zero-order chi connectivity index (χ0) is 23.0. The summed E-state index contributed by atoms with van der Waals surface area (Å²) in [4.78, 5) is 20.9. The standard InChI is InChI=1S/C25H30N6O2/c1-2-31-23(4-3-9-28-22-15-26-18-27-16-22)13-20-12-19(5-6-24(20)31)14-29-21-7-10-30(11-8-21)17-25(32)33/h5-6,12-13,15-16,18,21,28-29H,2,7-11,14,17H2,1H3,(H,32,33). The van der Waals surface area contributed by atoms with E-state index in [1.54, 1.807) is 12.4 Å². The van der Waals surface area contributed by atoms with Crippen LogP contribution in [0.4, 0.5) is 5.69 Å². The molecule has 2 aromatic heterocycles. The van der Waals surface area contributed by atoms with Crippen molar-refractivity contribution in [2.24, 2.45) is 0 Å². The first-order chi connectivity index (χ1) is 16.1. The zero-order valence-electron chi connectivity index (χ0n) is 18.9. The summed E-state index contributed by atoms with van der Waals surface area (Å²) in [5, 5.41) is 17.0. The molecule has 8 heteroatoms. The molecule has 0 atom stereocenters. The summed E-state index contributed by atoms with van der Waals surface area (Å²) in [7, 11) is 0. The number of carboxylic acid groups (broad SMARTS) is 1. The van der Waals surface area contributed by atoms with E-state index in [0.29, 0.717) is 12.6 Å². The maximum Gasteiger partial charge on any atom is 0.317 e. The van der Waals surface area contributed by atoms with Crippen LogP contribution < -0.4 is 10.6 Å². The van der Waals surface area contributed by atoms with Gasteiger partial charge < -0.3 is 20.3 Å². The van der Waals surface area contributed by atoms with E-state index in [4.69, 9.17) is 5.11 Å². The van der Waals surface area contributed by atoms with Crippen molar-refractivity contribution in [2.75, 3.05) is 31.5 Å². The summed E-state index contributed by atoms with van der Waals surface area (Å²) in [5.74, 6) is 5.74. The van der Waals surface area contributed by atoms with Crippen LogP contribution >= 0.6 is 0 Å². The quantitative estimate of drug-likeness (QED) is 0.458. The van der Waals surface area contributed by atoms with Crippen molar-refractivity contribution in [1.29, 1.82) is 0 Å². The number of benzene rings is 1. The van der Waals surface area contributed by atoms with Crippen LogP contribution in [-0.2, 0) is 17.9 Å². The predicted molar refractivity (Wildman–Crippen MR) is 129 cm³/mol. The van der Waals surface area contributed by atoms with E-state index in [9.17, 15) is 4.79 Å². The minimum Gasteiger partial charge on any atom is -0.480 e. The van der Waals surface area contributed by atoms with Crippen LogP contribution in [-0.4, -0.2) is 62.7 Å². The Hall–Kier alpha value is -3.41. The van der Waals surface area contributed by atoms with E-state index in [0.717, 1.165) is 50.4 Å². The maximum atomic E-state index is 10.9. The number of hydrogen-bond donors (Lipinski definition) is 3. The van der Waals surface area contributed by atoms with Crippen molar-refractivity contribution in [3.63, 3.8) is 0 Å². The van der Waals surface area contributed by atoms with Gasteiger partial charge in [0, 0.05) is 43.1 Å². The molecule has 1 aliphatic heterocycles. The third-order valence-electron chi connectivity index (χ3n) is 5.98. The number of carboxylic acids is 1. The minimum atomic E-state index is -0.750. The van der Waals surface area contributed by atoms with Gasteiger partial charge in [0.15, 0.2) is 0 Å². The second-order valence-electron chi connectivity index (χ2n) is 8.27. The lowest BCUT2D eigenvalue weighted by Crippen LogP contribution is -2.43. The number of aryl methyl sites for hydroxylation is 1. The van der Waals surface area contributed by atoms with Crippen molar-refractivity contribution < 1.29 is 9.90 Å². The lowest BCUT2D eigenvalue weighted by Gasteiger charge is -2.31. The first-order valence-electron chi connectivity index (χ1n) is 11.4. The lowest BCUT2D eigenvalue weighted by atomic mass is 10.0. The number of aromatic nitrogens is 3. The molecule has 4 rings (SSSR count). The van der Waals surface area contributed by atoms with Crippen molar-refractivity contribution in [3.05, 3.63) is 54.2 Å². The fraction of sp³-hybridized carbons (Fsp3) is 0.400. The number of piperidine rings is 1. The van der Waals surface area contributed by atoms with Crippen LogP contribution in [0.2, 0.25) is 0 Å². The highest BCUT2D eigenvalue weighted by atomic mass is 16.4. The third-order valence-corrected chi connectivity index (χ3v) is 5.98. The van der Waals surface area contributed by atoms with Gasteiger partial charge in [-0.3, -0.25) is 9.69 Å². The summed E-state index contributed by atoms with van der Waals surface area (Å²) < 4.78 is 2.24. The van der Waals surface area contributed by atoms with Gasteiger partial charge in [0.05, 0.1) is 36.9 Å². The fourth-order valence-electron chi connectivity index (χ4n) is 4.29. The molecule has 0 saturated carbocycles. The first-order valence-corrected chi connectivity index (χ1v) is 11.4. The number of carbonyl (C=O) groups is 1. The Kier molecular flexibility index (Phi) is 7.55. The summed E-state index contributed by atoms with van der Waals surface area (Å²) in [6.45, 7) is 6.13. The Labute approximate surface area is 194 Å². The molecule has 3 heterocycles. The van der Waals surface area contributed by atoms with Crippen LogP contribution in [0.5, 0.6) is 0 Å². The van der Waals surface area contributed by atoms with Gasteiger partial charge >= 0.3 is 5.97 Å². The number of fused-ring (bicyclic) bond motifs is 1. The summed E-state index contributed by atoms with van der Waals surface area (Å²) >= 11 is 0. The number of nitrogens with zero attached hydrogens (tertiary/aromatic N) is 4. The number of nitrogens with one attached hydrogen (secondary N) is 2. The van der Waals surface area contributed by atoms with Crippen LogP contribution in [0, 0.1) is 11.8 Å². The van der Waals surface area contributed by atoms with Crippen molar-refractivity contribution in [2.45, 2.75) is 38.9 Å². The average molecular weight is 447 g/mol. The van der Waals surface area contributed by atoms with Gasteiger partial charge in [-0.05, 0) is 49.4 Å². The fourth-order valence-corrected chi connectivity index (χ4v) is 4.29. The Balaban J connectivity index is 1.36. The number of hydrogen-bond acceptors (Lipinski definition) is 6. The van der Waals surface area contributed by atoms with E-state index in [1.165, 1.54) is 22.8 Å². The highest BCUT2D eigenvalue weighted by molar-refractivity contribution is 5.83. The topological polar surface area (TPSA) is 95.3 Å². The molecular formula is C25H30N6O2. The Bertz CT molecular complexity index is 1140. The van der Waals surface area contributed by atoms with Gasteiger partial charge in [-0.15, -0.1) is 0 Å². The largest absolute Gasteiger partial charge is 0.480 e. The molecule has 1 aromatic carbocycles. The van der Waals surface area contributed by atoms with Crippen LogP contribution in [0.3, 0.4) is 0 Å². The molecule has 0 amide bonds. The van der Waals surface area contributed by atoms with E-state index in [2.05, 4.69) is 68.2 Å². The molecular weight excluding hydrogens is 416 g/mol. The minimum absolute atomic E-state index is 0.139. The van der Waals surface area contributed by atoms with Gasteiger partial charge in [0.1, 0.15) is 6.33 Å². The normalized spacial score (nSPS) is 14.7. The second kappa shape index (κ2) is 10.9.